The van der Waals surface area contributed by atoms with E-state index in [1.807, 2.05) is 0 Å². The van der Waals surface area contributed by atoms with E-state index in [-0.39, 0.29) is 0 Å². The number of pyridine rings is 1. The summed E-state index contributed by atoms with van der Waals surface area (Å²) in [7, 11) is 1.52. The molecule has 0 aliphatic carbocycles. The van der Waals surface area contributed by atoms with Crippen LogP contribution in [0.2, 0.25) is 0 Å². The summed E-state index contributed by atoms with van der Waals surface area (Å²) in [4.78, 5) is 14.7. The molecule has 0 atom stereocenters. The summed E-state index contributed by atoms with van der Waals surface area (Å²) >= 11 is 0. The molecule has 0 aliphatic heterocycles. The predicted octanol–water partition coefficient (Wildman–Crippen LogP) is 2.30. The second-order valence-corrected chi connectivity index (χ2v) is 3.11. The summed E-state index contributed by atoms with van der Waals surface area (Å²) in [6.07, 6.45) is 2.00. The standard InChI is InChI=1S/C11H14N2O3/c1-3-4-5-8-9(13-11(14)15)6-7-10(12-8)16-2/h3,6-7,13H,1,4-5H2,2H3,(H,14,15). The maximum Gasteiger partial charge on any atom is 0.409 e. The summed E-state index contributed by atoms with van der Waals surface area (Å²) in [5.41, 5.74) is 1.14. The Balaban J connectivity index is 2.95. The molecule has 86 valence electrons. The van der Waals surface area contributed by atoms with E-state index in [4.69, 9.17) is 9.84 Å². The summed E-state index contributed by atoms with van der Waals surface area (Å²) < 4.78 is 4.98. The lowest BCUT2D eigenvalue weighted by Gasteiger charge is -2.09. The van der Waals surface area contributed by atoms with Crippen LogP contribution in [0.3, 0.4) is 0 Å². The van der Waals surface area contributed by atoms with Crippen molar-refractivity contribution < 1.29 is 14.6 Å². The van der Waals surface area contributed by atoms with Gasteiger partial charge in [0.1, 0.15) is 0 Å². The van der Waals surface area contributed by atoms with Gasteiger partial charge in [-0.1, -0.05) is 6.08 Å². The van der Waals surface area contributed by atoms with Crippen molar-refractivity contribution in [2.24, 2.45) is 0 Å². The molecule has 1 aromatic heterocycles. The summed E-state index contributed by atoms with van der Waals surface area (Å²) in [5.74, 6) is 0.468. The number of nitrogens with zero attached hydrogens (tertiary/aromatic N) is 1. The number of carboxylic acid groups (broad SMARTS) is 1. The van der Waals surface area contributed by atoms with Crippen molar-refractivity contribution in [1.82, 2.24) is 4.98 Å². The van der Waals surface area contributed by atoms with Gasteiger partial charge in [-0.3, -0.25) is 5.32 Å². The first-order valence-corrected chi connectivity index (χ1v) is 4.82. The van der Waals surface area contributed by atoms with Gasteiger partial charge in [0.25, 0.3) is 0 Å². The van der Waals surface area contributed by atoms with Gasteiger partial charge in [0.2, 0.25) is 5.88 Å². The van der Waals surface area contributed by atoms with Crippen molar-refractivity contribution >= 4 is 11.8 Å². The third-order valence-corrected chi connectivity index (χ3v) is 1.98. The molecule has 0 unspecified atom stereocenters. The summed E-state index contributed by atoms with van der Waals surface area (Å²) in [5, 5.41) is 11.0. The topological polar surface area (TPSA) is 71.5 Å². The molecule has 0 fully saturated rings. The van der Waals surface area contributed by atoms with Crippen LogP contribution in [0.25, 0.3) is 0 Å². The molecule has 2 N–H and O–H groups in total. The van der Waals surface area contributed by atoms with Crippen LogP contribution in [-0.2, 0) is 6.42 Å². The van der Waals surface area contributed by atoms with Gasteiger partial charge < -0.3 is 9.84 Å². The van der Waals surface area contributed by atoms with Gasteiger partial charge in [0.15, 0.2) is 0 Å². The Morgan fingerprint density at radius 1 is 1.69 bits per heavy atom. The van der Waals surface area contributed by atoms with Crippen LogP contribution in [0.15, 0.2) is 24.8 Å². The third-order valence-electron chi connectivity index (χ3n) is 1.98. The maximum absolute atomic E-state index is 10.6. The van der Waals surface area contributed by atoms with Gasteiger partial charge in [0, 0.05) is 6.07 Å². The van der Waals surface area contributed by atoms with Gasteiger partial charge in [-0.05, 0) is 18.9 Å². The average molecular weight is 222 g/mol. The number of ether oxygens (including phenoxy) is 1. The van der Waals surface area contributed by atoms with E-state index in [0.29, 0.717) is 23.7 Å². The van der Waals surface area contributed by atoms with Crippen molar-refractivity contribution in [3.05, 3.63) is 30.5 Å². The largest absolute Gasteiger partial charge is 0.481 e. The van der Waals surface area contributed by atoms with E-state index < -0.39 is 6.09 Å². The van der Waals surface area contributed by atoms with Crippen molar-refractivity contribution in [2.45, 2.75) is 12.8 Å². The number of methoxy groups -OCH3 is 1. The number of rotatable bonds is 5. The normalized spacial score (nSPS) is 9.56. The first-order chi connectivity index (χ1) is 7.67. The second kappa shape index (κ2) is 5.75. The number of aryl methyl sites for hydroxylation is 1. The molecular weight excluding hydrogens is 208 g/mol. The number of hydrogen-bond donors (Lipinski definition) is 2. The van der Waals surface area contributed by atoms with Crippen molar-refractivity contribution in [3.8, 4) is 5.88 Å². The Hall–Kier alpha value is -2.04. The van der Waals surface area contributed by atoms with Gasteiger partial charge in [-0.15, -0.1) is 6.58 Å². The van der Waals surface area contributed by atoms with Gasteiger partial charge in [-0.2, -0.15) is 0 Å². The van der Waals surface area contributed by atoms with Crippen molar-refractivity contribution in [1.29, 1.82) is 0 Å². The third kappa shape index (κ3) is 3.27. The lowest BCUT2D eigenvalue weighted by molar-refractivity contribution is 0.209. The number of anilines is 1. The Bertz CT molecular complexity index is 391. The molecule has 0 aliphatic rings. The molecule has 0 saturated heterocycles. The van der Waals surface area contributed by atoms with E-state index in [2.05, 4.69) is 16.9 Å². The van der Waals surface area contributed by atoms with Crippen LogP contribution in [0.4, 0.5) is 10.5 Å². The highest BCUT2D eigenvalue weighted by Gasteiger charge is 2.07. The first-order valence-electron chi connectivity index (χ1n) is 4.82. The fourth-order valence-electron chi connectivity index (χ4n) is 1.25. The van der Waals surface area contributed by atoms with Crippen LogP contribution < -0.4 is 10.1 Å². The minimum Gasteiger partial charge on any atom is -0.481 e. The molecule has 0 spiro atoms. The highest BCUT2D eigenvalue weighted by molar-refractivity contribution is 5.83. The average Bonchev–Trinajstić information content (AvgIpc) is 2.27. The monoisotopic (exact) mass is 222 g/mol. The molecule has 1 amide bonds. The quantitative estimate of drug-likeness (QED) is 0.750. The van der Waals surface area contributed by atoms with Gasteiger partial charge in [0.05, 0.1) is 18.5 Å². The Kier molecular flexibility index (Phi) is 4.32. The fraction of sp³-hybridized carbons (Fsp3) is 0.273. The first kappa shape index (κ1) is 12.0. The highest BCUT2D eigenvalue weighted by atomic mass is 16.5. The van der Waals surface area contributed by atoms with E-state index in [0.717, 1.165) is 6.42 Å². The van der Waals surface area contributed by atoms with E-state index >= 15 is 0 Å². The SMILES string of the molecule is C=CCCc1nc(OC)ccc1NC(=O)O. The number of carbonyl (C=O) groups is 1. The van der Waals surface area contributed by atoms with Gasteiger partial charge >= 0.3 is 6.09 Å². The van der Waals surface area contributed by atoms with Crippen LogP contribution in [-0.4, -0.2) is 23.3 Å². The lowest BCUT2D eigenvalue weighted by Crippen LogP contribution is -2.10. The lowest BCUT2D eigenvalue weighted by atomic mass is 10.2. The summed E-state index contributed by atoms with van der Waals surface area (Å²) in [6, 6.07) is 3.25. The predicted molar refractivity (Wildman–Crippen MR) is 61.0 cm³/mol. The number of aromatic nitrogens is 1. The van der Waals surface area contributed by atoms with E-state index in [1.54, 1.807) is 18.2 Å². The van der Waals surface area contributed by atoms with Crippen LogP contribution in [0.5, 0.6) is 5.88 Å². The Labute approximate surface area is 93.8 Å². The zero-order valence-corrected chi connectivity index (χ0v) is 9.06. The zero-order valence-electron chi connectivity index (χ0n) is 9.06. The fourth-order valence-corrected chi connectivity index (χ4v) is 1.25. The number of hydrogen-bond acceptors (Lipinski definition) is 3. The molecule has 1 rings (SSSR count). The number of allylic oxidation sites excluding steroid dienone is 1. The van der Waals surface area contributed by atoms with Gasteiger partial charge in [-0.25, -0.2) is 9.78 Å². The number of amides is 1. The molecular formula is C11H14N2O3. The van der Waals surface area contributed by atoms with Crippen LogP contribution in [0.1, 0.15) is 12.1 Å². The zero-order chi connectivity index (χ0) is 12.0. The molecule has 5 nitrogen and oxygen atoms in total. The van der Waals surface area contributed by atoms with E-state index in [9.17, 15) is 4.79 Å². The molecule has 1 aromatic rings. The molecule has 16 heavy (non-hydrogen) atoms. The van der Waals surface area contributed by atoms with Crippen molar-refractivity contribution in [2.75, 3.05) is 12.4 Å². The number of nitrogens with one attached hydrogen (secondary N) is 1. The Morgan fingerprint density at radius 2 is 2.44 bits per heavy atom. The second-order valence-electron chi connectivity index (χ2n) is 3.11. The molecule has 0 saturated carbocycles. The van der Waals surface area contributed by atoms with Crippen LogP contribution in [0, 0.1) is 0 Å². The van der Waals surface area contributed by atoms with Crippen LogP contribution >= 0.6 is 0 Å². The smallest absolute Gasteiger partial charge is 0.409 e. The highest BCUT2D eigenvalue weighted by Crippen LogP contribution is 2.19. The summed E-state index contributed by atoms with van der Waals surface area (Å²) in [6.45, 7) is 3.61. The Morgan fingerprint density at radius 3 is 3.00 bits per heavy atom. The molecule has 0 aromatic carbocycles. The molecule has 5 heteroatoms. The minimum atomic E-state index is -1.10. The minimum absolute atomic E-state index is 0.468. The molecule has 0 bridgehead atoms. The molecule has 1 heterocycles. The molecule has 0 radical (unpaired) electrons. The van der Waals surface area contributed by atoms with Crippen molar-refractivity contribution in [3.63, 3.8) is 0 Å². The maximum atomic E-state index is 10.6. The van der Waals surface area contributed by atoms with E-state index in [1.165, 1.54) is 7.11 Å².